The van der Waals surface area contributed by atoms with E-state index in [0.717, 1.165) is 19.0 Å². The third kappa shape index (κ3) is 8.22. The summed E-state index contributed by atoms with van der Waals surface area (Å²) in [5, 5.41) is 0.360. The fourth-order valence-corrected chi connectivity index (χ4v) is 4.75. The summed E-state index contributed by atoms with van der Waals surface area (Å²) in [6.07, 6.45) is 2.42. The highest BCUT2D eigenvalue weighted by Gasteiger charge is 2.33. The summed E-state index contributed by atoms with van der Waals surface area (Å²) in [6, 6.07) is 0. The van der Waals surface area contributed by atoms with Crippen LogP contribution in [0.1, 0.15) is 59.3 Å². The zero-order valence-electron chi connectivity index (χ0n) is 16.1. The predicted molar refractivity (Wildman–Crippen MR) is 96.6 cm³/mol. The van der Waals surface area contributed by atoms with Crippen LogP contribution in [0.4, 0.5) is 4.79 Å². The van der Waals surface area contributed by atoms with E-state index in [9.17, 15) is 19.2 Å². The SMILES string of the molecule is CCOP(CC)C(CC)CCCC(=O)OCOC(=O)ON1C(=O)CCC1=O. The largest absolute Gasteiger partial charge is 0.536 e. The van der Waals surface area contributed by atoms with Crippen LogP contribution in [0.5, 0.6) is 0 Å². The maximum absolute atomic E-state index is 11.7. The summed E-state index contributed by atoms with van der Waals surface area (Å²) < 4.78 is 15.1. The van der Waals surface area contributed by atoms with Gasteiger partial charge in [-0.3, -0.25) is 19.2 Å². The van der Waals surface area contributed by atoms with Crippen molar-refractivity contribution in [1.82, 2.24) is 5.06 Å². The average Bonchev–Trinajstić information content (AvgIpc) is 2.95. The van der Waals surface area contributed by atoms with Gasteiger partial charge in [0.15, 0.2) is 0 Å². The number of carbonyl (C=O) groups excluding carboxylic acids is 4. The monoisotopic (exact) mass is 405 g/mol. The highest BCUT2D eigenvalue weighted by molar-refractivity contribution is 7.53. The first-order valence-electron chi connectivity index (χ1n) is 9.18. The van der Waals surface area contributed by atoms with Crippen molar-refractivity contribution in [3.63, 3.8) is 0 Å². The highest BCUT2D eigenvalue weighted by Crippen LogP contribution is 2.45. The second-order valence-electron chi connectivity index (χ2n) is 5.81. The van der Waals surface area contributed by atoms with E-state index >= 15 is 0 Å². The van der Waals surface area contributed by atoms with E-state index in [4.69, 9.17) is 9.26 Å². The summed E-state index contributed by atoms with van der Waals surface area (Å²) in [5.41, 5.74) is 0.444. The third-order valence-electron chi connectivity index (χ3n) is 3.97. The molecule has 0 N–H and O–H groups in total. The van der Waals surface area contributed by atoms with Crippen molar-refractivity contribution in [1.29, 1.82) is 0 Å². The van der Waals surface area contributed by atoms with Crippen LogP contribution >= 0.6 is 8.15 Å². The summed E-state index contributed by atoms with van der Waals surface area (Å²) >= 11 is 0. The lowest BCUT2D eigenvalue weighted by atomic mass is 10.1. The van der Waals surface area contributed by atoms with Gasteiger partial charge in [-0.1, -0.05) is 18.9 Å². The normalized spacial score (nSPS) is 16.2. The van der Waals surface area contributed by atoms with E-state index in [1.807, 2.05) is 6.92 Å². The van der Waals surface area contributed by atoms with E-state index in [1.54, 1.807) is 0 Å². The van der Waals surface area contributed by atoms with Crippen LogP contribution in [0.2, 0.25) is 0 Å². The van der Waals surface area contributed by atoms with Gasteiger partial charge in [-0.15, -0.1) is 0 Å². The number of carbonyl (C=O) groups is 4. The molecule has 154 valence electrons. The van der Waals surface area contributed by atoms with Gasteiger partial charge < -0.3 is 14.0 Å². The first-order chi connectivity index (χ1) is 12.9. The lowest BCUT2D eigenvalue weighted by Gasteiger charge is -2.24. The Labute approximate surface area is 160 Å². The fraction of sp³-hybridized carbons (Fsp3) is 0.765. The topological polar surface area (TPSA) is 108 Å². The smallest absolute Gasteiger partial charge is 0.428 e. The lowest BCUT2D eigenvalue weighted by molar-refractivity contribution is -0.182. The Hall–Kier alpha value is -1.73. The molecule has 2 atom stereocenters. The van der Waals surface area contributed by atoms with Crippen LogP contribution in [0, 0.1) is 0 Å². The highest BCUT2D eigenvalue weighted by atomic mass is 31.1. The Balaban J connectivity index is 2.20. The number of hydrogen-bond acceptors (Lipinski definition) is 8. The van der Waals surface area contributed by atoms with E-state index in [1.165, 1.54) is 0 Å². The Morgan fingerprint density at radius 1 is 1.11 bits per heavy atom. The summed E-state index contributed by atoms with van der Waals surface area (Å²) in [6.45, 7) is 6.27. The third-order valence-corrected chi connectivity index (χ3v) is 6.62. The number of amides is 2. The molecule has 0 aromatic heterocycles. The zero-order chi connectivity index (χ0) is 20.2. The molecule has 0 spiro atoms. The number of ether oxygens (including phenoxy) is 2. The van der Waals surface area contributed by atoms with Crippen molar-refractivity contribution in [3.8, 4) is 0 Å². The Kier molecular flexibility index (Phi) is 10.9. The molecule has 0 saturated carbocycles. The molecular weight excluding hydrogens is 377 g/mol. The number of imide groups is 1. The maximum Gasteiger partial charge on any atom is 0.536 e. The van der Waals surface area contributed by atoms with E-state index in [2.05, 4.69) is 23.4 Å². The Morgan fingerprint density at radius 2 is 1.78 bits per heavy atom. The van der Waals surface area contributed by atoms with E-state index in [0.29, 0.717) is 23.7 Å². The minimum absolute atomic E-state index is 0.0105. The summed E-state index contributed by atoms with van der Waals surface area (Å²) in [5.74, 6) is -1.72. The number of hydroxylamine groups is 2. The van der Waals surface area contributed by atoms with Gasteiger partial charge in [0.2, 0.25) is 6.79 Å². The van der Waals surface area contributed by atoms with Crippen molar-refractivity contribution < 1.29 is 38.0 Å². The number of rotatable bonds is 12. The molecule has 0 bridgehead atoms. The molecule has 1 aliphatic heterocycles. The number of esters is 1. The van der Waals surface area contributed by atoms with Gasteiger partial charge in [0, 0.05) is 39.7 Å². The average molecular weight is 405 g/mol. The summed E-state index contributed by atoms with van der Waals surface area (Å²) in [4.78, 5) is 50.2. The predicted octanol–water partition coefficient (Wildman–Crippen LogP) is 3.11. The minimum atomic E-state index is -1.28. The molecule has 2 amide bonds. The van der Waals surface area contributed by atoms with Crippen LogP contribution in [0.25, 0.3) is 0 Å². The van der Waals surface area contributed by atoms with Crippen molar-refractivity contribution >= 4 is 32.1 Å². The molecule has 1 fully saturated rings. The van der Waals surface area contributed by atoms with Gasteiger partial charge in [0.25, 0.3) is 11.8 Å². The molecule has 0 radical (unpaired) electrons. The molecule has 27 heavy (non-hydrogen) atoms. The molecule has 10 heteroatoms. The molecule has 1 aliphatic rings. The van der Waals surface area contributed by atoms with Gasteiger partial charge in [-0.25, -0.2) is 4.79 Å². The van der Waals surface area contributed by atoms with Gasteiger partial charge in [0.05, 0.1) is 0 Å². The first kappa shape index (κ1) is 23.3. The van der Waals surface area contributed by atoms with Crippen molar-refractivity contribution in [2.24, 2.45) is 0 Å². The molecule has 1 rings (SSSR count). The molecule has 1 heterocycles. The first-order valence-corrected chi connectivity index (χ1v) is 10.7. The molecule has 0 aromatic carbocycles. The molecule has 2 unspecified atom stereocenters. The molecule has 0 aliphatic carbocycles. The van der Waals surface area contributed by atoms with E-state index < -0.39 is 38.9 Å². The molecule has 9 nitrogen and oxygen atoms in total. The zero-order valence-corrected chi connectivity index (χ0v) is 17.0. The number of nitrogens with zero attached hydrogens (tertiary/aromatic N) is 1. The van der Waals surface area contributed by atoms with Crippen molar-refractivity contribution in [2.75, 3.05) is 19.6 Å². The summed E-state index contributed by atoms with van der Waals surface area (Å²) in [7, 11) is -0.485. The second kappa shape index (κ2) is 12.6. The van der Waals surface area contributed by atoms with Crippen LogP contribution in [-0.4, -0.2) is 54.2 Å². The standard InChI is InChI=1S/C17H28NO8P/c1-4-13(27(6-3)25-5-2)8-7-9-16(21)23-12-24-17(22)26-18-14(19)10-11-15(18)20/h13H,4-12H2,1-3H3. The minimum Gasteiger partial charge on any atom is -0.428 e. The molecule has 1 saturated heterocycles. The fourth-order valence-electron chi connectivity index (χ4n) is 2.63. The maximum atomic E-state index is 11.7. The number of hydrogen-bond donors (Lipinski definition) is 0. The van der Waals surface area contributed by atoms with Crippen LogP contribution in [0.15, 0.2) is 0 Å². The Bertz CT molecular complexity index is 511. The van der Waals surface area contributed by atoms with Crippen molar-refractivity contribution in [3.05, 3.63) is 0 Å². The van der Waals surface area contributed by atoms with Crippen LogP contribution < -0.4 is 0 Å². The quantitative estimate of drug-likeness (QED) is 0.211. The van der Waals surface area contributed by atoms with Crippen LogP contribution in [0.3, 0.4) is 0 Å². The lowest BCUT2D eigenvalue weighted by Crippen LogP contribution is -2.32. The van der Waals surface area contributed by atoms with Crippen molar-refractivity contribution in [2.45, 2.75) is 65.0 Å². The Morgan fingerprint density at radius 3 is 2.33 bits per heavy atom. The van der Waals surface area contributed by atoms with E-state index in [-0.39, 0.29) is 19.3 Å². The van der Waals surface area contributed by atoms with Gasteiger partial charge in [-0.2, -0.15) is 0 Å². The van der Waals surface area contributed by atoms with Gasteiger partial charge in [0.1, 0.15) is 0 Å². The van der Waals surface area contributed by atoms with Gasteiger partial charge >= 0.3 is 12.1 Å². The molecular formula is C17H28NO8P. The second-order valence-corrected chi connectivity index (χ2v) is 8.26. The van der Waals surface area contributed by atoms with Crippen LogP contribution in [-0.2, 0) is 33.2 Å². The molecule has 0 aromatic rings. The van der Waals surface area contributed by atoms with Gasteiger partial charge in [-0.05, 0) is 32.3 Å².